The molecule has 6 heteroatoms. The predicted octanol–water partition coefficient (Wildman–Crippen LogP) is 0.920. The Morgan fingerprint density at radius 3 is 2.78 bits per heavy atom. The van der Waals surface area contributed by atoms with Gasteiger partial charge in [0.2, 0.25) is 0 Å². The molecule has 0 heterocycles. The molecular weight excluding hydrogens is 241 g/mol. The standard InChI is InChI=1S/C12H12FNO4/c1-2-18-12(17)8-4-3-7(13)5-9(8)11(16)10(15)6-14/h3-5,10-11,15-16H,2H2,1H3. The molecule has 18 heavy (non-hydrogen) atoms. The van der Waals surface area contributed by atoms with E-state index in [1.807, 2.05) is 0 Å². The number of nitrogens with zero attached hydrogens (tertiary/aromatic N) is 1. The van der Waals surface area contributed by atoms with E-state index in [1.165, 1.54) is 6.07 Å². The van der Waals surface area contributed by atoms with Crippen LogP contribution in [0.1, 0.15) is 28.9 Å². The summed E-state index contributed by atoms with van der Waals surface area (Å²) in [6.07, 6.45) is -3.43. The summed E-state index contributed by atoms with van der Waals surface area (Å²) in [5.74, 6) is -1.45. The van der Waals surface area contributed by atoms with Crippen LogP contribution in [0.3, 0.4) is 0 Å². The molecule has 1 rings (SSSR count). The van der Waals surface area contributed by atoms with Crippen LogP contribution in [0, 0.1) is 17.1 Å². The lowest BCUT2D eigenvalue weighted by atomic mass is 9.99. The average Bonchev–Trinajstić information content (AvgIpc) is 2.37. The maximum Gasteiger partial charge on any atom is 0.338 e. The van der Waals surface area contributed by atoms with Gasteiger partial charge in [0.1, 0.15) is 11.9 Å². The number of ether oxygens (including phenoxy) is 1. The zero-order chi connectivity index (χ0) is 13.7. The first-order valence-electron chi connectivity index (χ1n) is 5.23. The number of hydrogen-bond acceptors (Lipinski definition) is 5. The lowest BCUT2D eigenvalue weighted by molar-refractivity contribution is 0.0446. The van der Waals surface area contributed by atoms with E-state index in [0.29, 0.717) is 0 Å². The minimum Gasteiger partial charge on any atom is -0.462 e. The zero-order valence-electron chi connectivity index (χ0n) is 9.63. The third kappa shape index (κ3) is 3.03. The topological polar surface area (TPSA) is 90.6 Å². The third-order valence-corrected chi connectivity index (χ3v) is 2.26. The van der Waals surface area contributed by atoms with Gasteiger partial charge in [-0.3, -0.25) is 0 Å². The monoisotopic (exact) mass is 253 g/mol. The SMILES string of the molecule is CCOC(=O)c1ccc(F)cc1C(O)C(O)C#N. The quantitative estimate of drug-likeness (QED) is 0.615. The summed E-state index contributed by atoms with van der Waals surface area (Å²) >= 11 is 0. The third-order valence-electron chi connectivity index (χ3n) is 2.26. The van der Waals surface area contributed by atoms with Crippen molar-refractivity contribution in [2.24, 2.45) is 0 Å². The Bertz CT molecular complexity index is 483. The second-order valence-electron chi connectivity index (χ2n) is 3.47. The molecule has 0 aliphatic heterocycles. The van der Waals surface area contributed by atoms with Crippen molar-refractivity contribution >= 4 is 5.97 Å². The van der Waals surface area contributed by atoms with Crippen molar-refractivity contribution in [1.82, 2.24) is 0 Å². The number of aliphatic hydroxyl groups excluding tert-OH is 2. The molecule has 0 saturated carbocycles. The second kappa shape index (κ2) is 6.10. The van der Waals surface area contributed by atoms with Crippen LogP contribution in [0.25, 0.3) is 0 Å². The number of esters is 1. The van der Waals surface area contributed by atoms with Gasteiger partial charge < -0.3 is 14.9 Å². The summed E-state index contributed by atoms with van der Waals surface area (Å²) in [6, 6.07) is 4.46. The molecule has 0 saturated heterocycles. The van der Waals surface area contributed by atoms with Gasteiger partial charge in [0.25, 0.3) is 0 Å². The molecule has 0 aromatic heterocycles. The van der Waals surface area contributed by atoms with Crippen LogP contribution in [0.2, 0.25) is 0 Å². The van der Waals surface area contributed by atoms with Crippen LogP contribution in [-0.4, -0.2) is 28.9 Å². The van der Waals surface area contributed by atoms with Crippen LogP contribution >= 0.6 is 0 Å². The smallest absolute Gasteiger partial charge is 0.338 e. The Morgan fingerprint density at radius 1 is 1.56 bits per heavy atom. The van der Waals surface area contributed by atoms with Gasteiger partial charge >= 0.3 is 5.97 Å². The number of carbonyl (C=O) groups excluding carboxylic acids is 1. The number of hydrogen-bond donors (Lipinski definition) is 2. The molecule has 0 radical (unpaired) electrons. The molecule has 1 aromatic carbocycles. The maximum absolute atomic E-state index is 13.1. The predicted molar refractivity (Wildman–Crippen MR) is 58.9 cm³/mol. The van der Waals surface area contributed by atoms with Crippen molar-refractivity contribution in [1.29, 1.82) is 5.26 Å². The van der Waals surface area contributed by atoms with E-state index in [9.17, 15) is 19.4 Å². The number of nitriles is 1. The van der Waals surface area contributed by atoms with Crippen molar-refractivity contribution in [2.75, 3.05) is 6.61 Å². The van der Waals surface area contributed by atoms with E-state index >= 15 is 0 Å². The Labute approximate surface area is 103 Å². The minimum atomic E-state index is -1.75. The lowest BCUT2D eigenvalue weighted by Gasteiger charge is -2.15. The van der Waals surface area contributed by atoms with Gasteiger partial charge in [-0.2, -0.15) is 5.26 Å². The number of benzene rings is 1. The van der Waals surface area contributed by atoms with E-state index < -0.39 is 24.0 Å². The van der Waals surface area contributed by atoms with Crippen LogP contribution in [-0.2, 0) is 4.74 Å². The lowest BCUT2D eigenvalue weighted by Crippen LogP contribution is -2.20. The molecule has 1 aromatic rings. The van der Waals surface area contributed by atoms with Gasteiger partial charge in [0.05, 0.1) is 18.2 Å². The summed E-state index contributed by atoms with van der Waals surface area (Å²) in [7, 11) is 0. The van der Waals surface area contributed by atoms with Gasteiger partial charge in [0.15, 0.2) is 6.10 Å². The van der Waals surface area contributed by atoms with Gasteiger partial charge in [-0.25, -0.2) is 9.18 Å². The Hall–Kier alpha value is -1.97. The highest BCUT2D eigenvalue weighted by Gasteiger charge is 2.24. The highest BCUT2D eigenvalue weighted by Crippen LogP contribution is 2.23. The molecule has 0 spiro atoms. The van der Waals surface area contributed by atoms with Crippen LogP contribution in [0.4, 0.5) is 4.39 Å². The highest BCUT2D eigenvalue weighted by atomic mass is 19.1. The second-order valence-corrected chi connectivity index (χ2v) is 3.47. The Morgan fingerprint density at radius 2 is 2.22 bits per heavy atom. The minimum absolute atomic E-state index is 0.0833. The van der Waals surface area contributed by atoms with Crippen LogP contribution in [0.15, 0.2) is 18.2 Å². The van der Waals surface area contributed by atoms with Crippen molar-refractivity contribution in [3.05, 3.63) is 35.1 Å². The highest BCUT2D eigenvalue weighted by molar-refractivity contribution is 5.91. The van der Waals surface area contributed by atoms with Gasteiger partial charge in [-0.15, -0.1) is 0 Å². The number of halogens is 1. The van der Waals surface area contributed by atoms with E-state index in [-0.39, 0.29) is 17.7 Å². The molecule has 5 nitrogen and oxygen atoms in total. The number of rotatable bonds is 4. The molecule has 2 unspecified atom stereocenters. The van der Waals surface area contributed by atoms with E-state index in [4.69, 9.17) is 10.00 Å². The van der Waals surface area contributed by atoms with Gasteiger partial charge in [-0.1, -0.05) is 0 Å². The summed E-state index contributed by atoms with van der Waals surface area (Å²) in [5, 5.41) is 27.4. The maximum atomic E-state index is 13.1. The molecule has 0 aliphatic carbocycles. The molecular formula is C12H12FNO4. The normalized spacial score (nSPS) is 13.5. The fourth-order valence-electron chi connectivity index (χ4n) is 1.41. The molecule has 0 aliphatic rings. The van der Waals surface area contributed by atoms with E-state index in [0.717, 1.165) is 18.2 Å². The molecule has 0 fully saturated rings. The van der Waals surface area contributed by atoms with Crippen molar-refractivity contribution in [2.45, 2.75) is 19.1 Å². The zero-order valence-corrected chi connectivity index (χ0v) is 9.63. The molecule has 0 amide bonds. The summed E-state index contributed by atoms with van der Waals surface area (Å²) in [6.45, 7) is 1.72. The Balaban J connectivity index is 3.20. The fourth-order valence-corrected chi connectivity index (χ4v) is 1.41. The molecule has 2 N–H and O–H groups in total. The average molecular weight is 253 g/mol. The molecule has 96 valence electrons. The first kappa shape index (κ1) is 14.1. The van der Waals surface area contributed by atoms with Crippen LogP contribution in [0.5, 0.6) is 0 Å². The molecule has 2 atom stereocenters. The van der Waals surface area contributed by atoms with Crippen molar-refractivity contribution in [3.8, 4) is 6.07 Å². The summed E-state index contributed by atoms with van der Waals surface area (Å²) in [4.78, 5) is 11.6. The number of carbonyl (C=O) groups is 1. The van der Waals surface area contributed by atoms with E-state index in [2.05, 4.69) is 0 Å². The summed E-state index contributed by atoms with van der Waals surface area (Å²) < 4.78 is 17.8. The van der Waals surface area contributed by atoms with Gasteiger partial charge in [-0.05, 0) is 25.1 Å². The van der Waals surface area contributed by atoms with Gasteiger partial charge in [0, 0.05) is 5.56 Å². The Kier molecular flexibility index (Phi) is 4.77. The summed E-state index contributed by atoms with van der Waals surface area (Å²) in [5.41, 5.74) is -0.262. The first-order valence-corrected chi connectivity index (χ1v) is 5.23. The fraction of sp³-hybridized carbons (Fsp3) is 0.333. The van der Waals surface area contributed by atoms with Crippen LogP contribution < -0.4 is 0 Å². The van der Waals surface area contributed by atoms with Crippen molar-refractivity contribution in [3.63, 3.8) is 0 Å². The van der Waals surface area contributed by atoms with E-state index in [1.54, 1.807) is 6.92 Å². The molecule has 0 bridgehead atoms. The van der Waals surface area contributed by atoms with Crippen molar-refractivity contribution < 1.29 is 24.1 Å². The largest absolute Gasteiger partial charge is 0.462 e. The first-order chi connectivity index (χ1) is 8.51. The number of aliphatic hydroxyl groups is 2.